The fourth-order valence-electron chi connectivity index (χ4n) is 4.48. The Morgan fingerprint density at radius 2 is 1.16 bits per heavy atom. The summed E-state index contributed by atoms with van der Waals surface area (Å²) in [5.41, 5.74) is 6.75. The number of rotatable bonds is 5. The third-order valence-electron chi connectivity index (χ3n) is 6.11. The van der Waals surface area contributed by atoms with Gasteiger partial charge in [-0.05, 0) is 40.6 Å². The Balaban J connectivity index is 1.55. The molecule has 0 nitrogen and oxygen atoms in total. The van der Waals surface area contributed by atoms with Crippen molar-refractivity contribution in [2.75, 3.05) is 0 Å². The van der Waals surface area contributed by atoms with E-state index in [-0.39, 0.29) is 0 Å². The molecule has 0 amide bonds. The molecule has 2 aromatic carbocycles. The molecule has 2 aliphatic carbocycles. The molecular weight excluding hydrogens is 316 g/mol. The van der Waals surface area contributed by atoms with Gasteiger partial charge in [0, 0.05) is 19.9 Å². The van der Waals surface area contributed by atoms with Crippen molar-refractivity contribution in [3.05, 3.63) is 82.9 Å². The minimum Gasteiger partial charge on any atom is -0.0764 e. The van der Waals surface area contributed by atoms with Gasteiger partial charge >= 0.3 is 0 Å². The third-order valence-corrected chi connectivity index (χ3v) is 9.03. The van der Waals surface area contributed by atoms with Crippen molar-refractivity contribution in [2.24, 2.45) is 0 Å². The van der Waals surface area contributed by atoms with Gasteiger partial charge < -0.3 is 0 Å². The van der Waals surface area contributed by atoms with Crippen molar-refractivity contribution < 1.29 is 0 Å². The van der Waals surface area contributed by atoms with E-state index in [2.05, 4.69) is 92.5 Å². The van der Waals surface area contributed by atoms with Crippen LogP contribution < -0.4 is 0 Å². The summed E-state index contributed by atoms with van der Waals surface area (Å²) in [5.74, 6) is 1.21. The van der Waals surface area contributed by atoms with Crippen molar-refractivity contribution >= 4 is 20.2 Å². The molecule has 0 saturated carbocycles. The highest BCUT2D eigenvalue weighted by molar-refractivity contribution is 6.77. The van der Waals surface area contributed by atoms with Gasteiger partial charge in [-0.1, -0.05) is 92.5 Å². The molecular formula is C24H28Si. The molecule has 0 radical (unpaired) electrons. The van der Waals surface area contributed by atoms with E-state index in [1.165, 1.54) is 35.1 Å². The van der Waals surface area contributed by atoms with E-state index in [9.17, 15) is 0 Å². The normalized spacial score (nSPS) is 22.0. The lowest BCUT2D eigenvalue weighted by atomic mass is 9.90. The van der Waals surface area contributed by atoms with E-state index >= 15 is 0 Å². The second kappa shape index (κ2) is 6.46. The smallest absolute Gasteiger partial charge is 0.0474 e. The van der Waals surface area contributed by atoms with Gasteiger partial charge in [0.25, 0.3) is 0 Å². The van der Waals surface area contributed by atoms with Gasteiger partial charge in [0.2, 0.25) is 0 Å². The van der Waals surface area contributed by atoms with Crippen LogP contribution in [0.2, 0.25) is 25.2 Å². The van der Waals surface area contributed by atoms with E-state index in [0.717, 1.165) is 5.54 Å². The fourth-order valence-corrected chi connectivity index (χ4v) is 6.40. The van der Waals surface area contributed by atoms with E-state index in [4.69, 9.17) is 0 Å². The average molecular weight is 345 g/mol. The SMILES string of the molecule is C[Si](C)(C)C(CC1C=Cc2ccccc21)CC1C=Cc2ccccc21. The predicted molar refractivity (Wildman–Crippen MR) is 113 cm³/mol. The standard InChI is InChI=1S/C24H28Si/c1-25(2,3)22(16-20-14-12-18-8-4-6-10-23(18)20)17-21-15-13-19-9-5-7-11-24(19)21/h4-15,20-22H,16-17H2,1-3H3. The van der Waals surface area contributed by atoms with Gasteiger partial charge in [-0.3, -0.25) is 0 Å². The van der Waals surface area contributed by atoms with Crippen molar-refractivity contribution in [1.29, 1.82) is 0 Å². The molecule has 0 aromatic heterocycles. The van der Waals surface area contributed by atoms with Crippen LogP contribution >= 0.6 is 0 Å². The number of hydrogen-bond acceptors (Lipinski definition) is 0. The molecule has 2 aliphatic rings. The molecule has 0 bridgehead atoms. The zero-order valence-electron chi connectivity index (χ0n) is 15.6. The minimum absolute atomic E-state index is 0.605. The summed E-state index contributed by atoms with van der Waals surface area (Å²) in [7, 11) is -1.23. The molecule has 2 atom stereocenters. The average Bonchev–Trinajstić information content (AvgIpc) is 3.18. The highest BCUT2D eigenvalue weighted by Gasteiger charge is 2.33. The molecule has 0 saturated heterocycles. The summed E-state index contributed by atoms with van der Waals surface area (Å²) in [5, 5.41) is 0. The fraction of sp³-hybridized carbons (Fsp3) is 0.333. The molecule has 0 heterocycles. The van der Waals surface area contributed by atoms with Crippen molar-refractivity contribution in [3.8, 4) is 0 Å². The maximum Gasteiger partial charge on any atom is 0.0474 e. The second-order valence-corrected chi connectivity index (χ2v) is 14.3. The van der Waals surface area contributed by atoms with Gasteiger partial charge in [0.1, 0.15) is 0 Å². The first-order valence-corrected chi connectivity index (χ1v) is 13.1. The summed E-state index contributed by atoms with van der Waals surface area (Å²) < 4.78 is 0. The van der Waals surface area contributed by atoms with Gasteiger partial charge in [0.05, 0.1) is 0 Å². The molecule has 2 unspecified atom stereocenters. The van der Waals surface area contributed by atoms with Crippen LogP contribution in [-0.4, -0.2) is 8.07 Å². The van der Waals surface area contributed by atoms with Crippen molar-refractivity contribution in [3.63, 3.8) is 0 Å². The summed E-state index contributed by atoms with van der Waals surface area (Å²) in [6.07, 6.45) is 12.1. The Hall–Kier alpha value is -1.86. The summed E-state index contributed by atoms with van der Waals surface area (Å²) >= 11 is 0. The first-order chi connectivity index (χ1) is 12.0. The number of hydrogen-bond donors (Lipinski definition) is 0. The largest absolute Gasteiger partial charge is 0.0764 e. The van der Waals surface area contributed by atoms with Crippen LogP contribution in [0.1, 0.15) is 46.9 Å². The lowest BCUT2D eigenvalue weighted by Gasteiger charge is -2.33. The molecule has 0 fully saturated rings. The summed E-state index contributed by atoms with van der Waals surface area (Å²) in [6.45, 7) is 7.65. The van der Waals surface area contributed by atoms with Gasteiger partial charge in [-0.2, -0.15) is 0 Å². The van der Waals surface area contributed by atoms with E-state index < -0.39 is 8.07 Å². The van der Waals surface area contributed by atoms with Crippen LogP contribution in [-0.2, 0) is 0 Å². The molecule has 1 heteroatoms. The van der Waals surface area contributed by atoms with Crippen LogP contribution in [0.4, 0.5) is 0 Å². The Morgan fingerprint density at radius 3 is 1.60 bits per heavy atom. The number of benzene rings is 2. The number of allylic oxidation sites excluding steroid dienone is 2. The summed E-state index contributed by atoms with van der Waals surface area (Å²) in [6, 6.07) is 17.9. The highest BCUT2D eigenvalue weighted by atomic mass is 28.3. The second-order valence-electron chi connectivity index (χ2n) is 8.72. The Labute approximate surface area is 153 Å². The lowest BCUT2D eigenvalue weighted by molar-refractivity contribution is 0.595. The third kappa shape index (κ3) is 3.30. The monoisotopic (exact) mass is 344 g/mol. The lowest BCUT2D eigenvalue weighted by Crippen LogP contribution is -2.30. The van der Waals surface area contributed by atoms with E-state index in [1.54, 1.807) is 0 Å². The zero-order valence-corrected chi connectivity index (χ0v) is 16.6. The van der Waals surface area contributed by atoms with Crippen LogP contribution in [0.25, 0.3) is 12.2 Å². The number of fused-ring (bicyclic) bond motifs is 2. The van der Waals surface area contributed by atoms with Crippen LogP contribution in [0, 0.1) is 0 Å². The van der Waals surface area contributed by atoms with Crippen molar-refractivity contribution in [1.82, 2.24) is 0 Å². The topological polar surface area (TPSA) is 0 Å². The van der Waals surface area contributed by atoms with Crippen molar-refractivity contribution in [2.45, 2.75) is 49.9 Å². The molecule has 0 N–H and O–H groups in total. The molecule has 4 rings (SSSR count). The minimum atomic E-state index is -1.23. The van der Waals surface area contributed by atoms with Gasteiger partial charge in [-0.15, -0.1) is 0 Å². The van der Waals surface area contributed by atoms with Crippen LogP contribution in [0.3, 0.4) is 0 Å². The Kier molecular flexibility index (Phi) is 4.29. The first kappa shape index (κ1) is 16.6. The molecule has 128 valence electrons. The Morgan fingerprint density at radius 1 is 0.720 bits per heavy atom. The first-order valence-electron chi connectivity index (χ1n) is 9.56. The molecule has 25 heavy (non-hydrogen) atoms. The molecule has 0 aliphatic heterocycles. The Bertz CT molecular complexity index is 758. The van der Waals surface area contributed by atoms with E-state index in [0.29, 0.717) is 11.8 Å². The zero-order chi connectivity index (χ0) is 17.4. The van der Waals surface area contributed by atoms with Gasteiger partial charge in [-0.25, -0.2) is 0 Å². The van der Waals surface area contributed by atoms with Crippen LogP contribution in [0.15, 0.2) is 60.7 Å². The maximum atomic E-state index is 2.55. The predicted octanol–water partition coefficient (Wildman–Crippen LogP) is 7.10. The van der Waals surface area contributed by atoms with Crippen LogP contribution in [0.5, 0.6) is 0 Å². The van der Waals surface area contributed by atoms with Gasteiger partial charge in [0.15, 0.2) is 0 Å². The molecule has 0 spiro atoms. The maximum absolute atomic E-state index is 2.55. The molecule has 2 aromatic rings. The quantitative estimate of drug-likeness (QED) is 0.508. The van der Waals surface area contributed by atoms with E-state index in [1.807, 2.05) is 0 Å². The summed E-state index contributed by atoms with van der Waals surface area (Å²) in [4.78, 5) is 0. The highest BCUT2D eigenvalue weighted by Crippen LogP contribution is 2.45.